The van der Waals surface area contributed by atoms with Crippen LogP contribution in [0.1, 0.15) is 42.9 Å². The number of likely N-dealkylation sites (tertiary alicyclic amines) is 1. The largest absolute Gasteiger partial charge is 0.498 e. The van der Waals surface area contributed by atoms with Crippen molar-refractivity contribution in [3.8, 4) is 10.8 Å². The third kappa shape index (κ3) is 3.05. The number of hydrogen-bond acceptors (Lipinski definition) is 6. The molecule has 0 bridgehead atoms. The van der Waals surface area contributed by atoms with Crippen LogP contribution in [0, 0.1) is 12.8 Å². The van der Waals surface area contributed by atoms with Crippen LogP contribution in [-0.2, 0) is 0 Å². The molecule has 2 atom stereocenters. The second-order valence-electron chi connectivity index (χ2n) is 7.06. The number of methoxy groups -OCH3 is 1. The van der Waals surface area contributed by atoms with Gasteiger partial charge in [-0.25, -0.2) is 9.50 Å². The van der Waals surface area contributed by atoms with Crippen LogP contribution in [-0.4, -0.2) is 44.8 Å². The Morgan fingerprint density at radius 1 is 1.31 bits per heavy atom. The zero-order valence-corrected chi connectivity index (χ0v) is 16.2. The minimum Gasteiger partial charge on any atom is -0.498 e. The van der Waals surface area contributed by atoms with E-state index in [9.17, 15) is 5.11 Å². The molecule has 1 fully saturated rings. The summed E-state index contributed by atoms with van der Waals surface area (Å²) in [4.78, 5) is 7.62. The molecule has 0 aliphatic carbocycles. The van der Waals surface area contributed by atoms with Crippen LogP contribution in [0.5, 0.6) is 10.8 Å². The Morgan fingerprint density at radius 2 is 2.08 bits per heavy atom. The fraction of sp³-hybridized carbons (Fsp3) is 0.474. The third-order valence-electron chi connectivity index (χ3n) is 5.06. The molecule has 26 heavy (non-hydrogen) atoms. The summed E-state index contributed by atoms with van der Waals surface area (Å²) in [5.41, 5.74) is 1.94. The Balaban J connectivity index is 1.84. The molecule has 1 N–H and O–H groups in total. The van der Waals surface area contributed by atoms with Gasteiger partial charge in [-0.2, -0.15) is 5.10 Å². The first-order chi connectivity index (χ1) is 12.6. The van der Waals surface area contributed by atoms with Crippen molar-refractivity contribution in [2.24, 2.45) is 5.92 Å². The summed E-state index contributed by atoms with van der Waals surface area (Å²) >= 11 is 1.29. The molecule has 1 aliphatic rings. The van der Waals surface area contributed by atoms with Crippen molar-refractivity contribution < 1.29 is 9.84 Å². The van der Waals surface area contributed by atoms with Crippen LogP contribution < -0.4 is 4.74 Å². The molecule has 0 spiro atoms. The van der Waals surface area contributed by atoms with E-state index < -0.39 is 0 Å². The zero-order valence-electron chi connectivity index (χ0n) is 15.3. The molecule has 1 aromatic carbocycles. The van der Waals surface area contributed by atoms with Crippen LogP contribution in [0.4, 0.5) is 0 Å². The number of fused-ring (bicyclic) bond motifs is 1. The van der Waals surface area contributed by atoms with E-state index in [-0.39, 0.29) is 6.04 Å². The van der Waals surface area contributed by atoms with Crippen LogP contribution in [0.3, 0.4) is 0 Å². The molecular weight excluding hydrogens is 348 g/mol. The molecule has 4 rings (SSSR count). The molecule has 0 radical (unpaired) electrons. The van der Waals surface area contributed by atoms with Crippen molar-refractivity contribution in [2.45, 2.75) is 32.7 Å². The number of piperidine rings is 1. The number of hydrogen-bond donors (Lipinski definition) is 1. The summed E-state index contributed by atoms with van der Waals surface area (Å²) in [5, 5.41) is 15.5. The highest BCUT2D eigenvalue weighted by Gasteiger charge is 2.32. The summed E-state index contributed by atoms with van der Waals surface area (Å²) in [5.74, 6) is 2.19. The van der Waals surface area contributed by atoms with Gasteiger partial charge in [0.25, 0.3) is 0 Å². The number of aromatic hydroxyl groups is 1. The van der Waals surface area contributed by atoms with Gasteiger partial charge < -0.3 is 9.84 Å². The number of nitrogens with zero attached hydrogens (tertiary/aromatic N) is 4. The maximum atomic E-state index is 10.7. The van der Waals surface area contributed by atoms with Gasteiger partial charge in [-0.1, -0.05) is 30.4 Å². The SMILES string of the molecule is COc1ccc(C(c2c(O)sc3nc(C)nn23)N2CCCC(C)C2)cc1. The van der Waals surface area contributed by atoms with Crippen molar-refractivity contribution in [3.63, 3.8) is 0 Å². The van der Waals surface area contributed by atoms with E-state index in [1.165, 1.54) is 17.8 Å². The lowest BCUT2D eigenvalue weighted by molar-refractivity contribution is 0.144. The molecule has 3 heterocycles. The Bertz CT molecular complexity index is 902. The lowest BCUT2D eigenvalue weighted by atomic mass is 9.94. The first-order valence-electron chi connectivity index (χ1n) is 9.00. The summed E-state index contributed by atoms with van der Waals surface area (Å²) in [6, 6.07) is 8.05. The number of aromatic nitrogens is 3. The standard InChI is InChI=1S/C19H24N4O2S/c1-12-5-4-10-22(11-12)16(14-6-8-15(25-3)9-7-14)17-18(24)26-19-20-13(2)21-23(17)19/h6-9,12,16,24H,4-5,10-11H2,1-3H3. The van der Waals surface area contributed by atoms with E-state index in [1.807, 2.05) is 23.6 Å². The molecular formula is C19H24N4O2S. The van der Waals surface area contributed by atoms with E-state index in [0.717, 1.165) is 47.3 Å². The Kier molecular flexibility index (Phi) is 4.58. The van der Waals surface area contributed by atoms with Gasteiger partial charge in [0.05, 0.1) is 13.2 Å². The Morgan fingerprint density at radius 3 is 2.77 bits per heavy atom. The van der Waals surface area contributed by atoms with Gasteiger partial charge >= 0.3 is 0 Å². The fourth-order valence-electron chi connectivity index (χ4n) is 3.87. The fourth-order valence-corrected chi connectivity index (χ4v) is 4.75. The maximum Gasteiger partial charge on any atom is 0.215 e. The number of ether oxygens (including phenoxy) is 1. The number of benzene rings is 1. The molecule has 2 unspecified atom stereocenters. The van der Waals surface area contributed by atoms with Crippen molar-refractivity contribution in [1.29, 1.82) is 0 Å². The van der Waals surface area contributed by atoms with E-state index in [1.54, 1.807) is 7.11 Å². The topological polar surface area (TPSA) is 62.9 Å². The van der Waals surface area contributed by atoms with Gasteiger partial charge in [0.15, 0.2) is 5.06 Å². The van der Waals surface area contributed by atoms with Crippen molar-refractivity contribution >= 4 is 16.3 Å². The van der Waals surface area contributed by atoms with Crippen LogP contribution in [0.15, 0.2) is 24.3 Å². The van der Waals surface area contributed by atoms with E-state index in [0.29, 0.717) is 11.0 Å². The quantitative estimate of drug-likeness (QED) is 0.758. The number of thiazole rings is 1. The number of aryl methyl sites for hydroxylation is 1. The molecule has 1 saturated heterocycles. The van der Waals surface area contributed by atoms with Crippen molar-refractivity contribution in [2.75, 3.05) is 20.2 Å². The molecule has 0 saturated carbocycles. The van der Waals surface area contributed by atoms with Gasteiger partial charge in [-0.3, -0.25) is 4.90 Å². The average molecular weight is 372 g/mol. The minimum absolute atomic E-state index is 0.0569. The van der Waals surface area contributed by atoms with E-state index >= 15 is 0 Å². The molecule has 1 aliphatic heterocycles. The zero-order chi connectivity index (χ0) is 18.3. The van der Waals surface area contributed by atoms with Crippen molar-refractivity contribution in [1.82, 2.24) is 19.5 Å². The number of rotatable bonds is 4. The molecule has 6 nitrogen and oxygen atoms in total. The molecule has 2 aromatic heterocycles. The van der Waals surface area contributed by atoms with E-state index in [4.69, 9.17) is 4.74 Å². The first-order valence-corrected chi connectivity index (χ1v) is 9.81. The summed E-state index contributed by atoms with van der Waals surface area (Å²) in [6.07, 6.45) is 2.41. The highest BCUT2D eigenvalue weighted by atomic mass is 32.1. The summed E-state index contributed by atoms with van der Waals surface area (Å²) in [6.45, 7) is 6.18. The molecule has 7 heteroatoms. The first kappa shape index (κ1) is 17.3. The molecule has 3 aromatic rings. The van der Waals surface area contributed by atoms with Gasteiger partial charge in [-0.15, -0.1) is 0 Å². The molecule has 0 amide bonds. The Hall–Kier alpha value is -2.12. The normalized spacial score (nSPS) is 19.7. The summed E-state index contributed by atoms with van der Waals surface area (Å²) in [7, 11) is 1.67. The molecule has 138 valence electrons. The summed E-state index contributed by atoms with van der Waals surface area (Å²) < 4.78 is 7.12. The predicted octanol–water partition coefficient (Wildman–Crippen LogP) is 3.63. The predicted molar refractivity (Wildman–Crippen MR) is 102 cm³/mol. The van der Waals surface area contributed by atoms with Crippen LogP contribution >= 0.6 is 11.3 Å². The third-order valence-corrected chi connectivity index (χ3v) is 5.91. The van der Waals surface area contributed by atoms with Crippen molar-refractivity contribution in [3.05, 3.63) is 41.3 Å². The van der Waals surface area contributed by atoms with Gasteiger partial charge in [0.2, 0.25) is 4.96 Å². The van der Waals surface area contributed by atoms with Crippen LogP contribution in [0.25, 0.3) is 4.96 Å². The second kappa shape index (κ2) is 6.89. The average Bonchev–Trinajstić information content (AvgIpc) is 3.12. The highest BCUT2D eigenvalue weighted by molar-refractivity contribution is 7.18. The Labute approximate surface area is 157 Å². The lowest BCUT2D eigenvalue weighted by Gasteiger charge is -2.37. The minimum atomic E-state index is -0.0569. The van der Waals surface area contributed by atoms with Gasteiger partial charge in [-0.05, 0) is 49.9 Å². The second-order valence-corrected chi connectivity index (χ2v) is 8.02. The smallest absolute Gasteiger partial charge is 0.215 e. The lowest BCUT2D eigenvalue weighted by Crippen LogP contribution is -2.38. The van der Waals surface area contributed by atoms with E-state index in [2.05, 4.69) is 34.0 Å². The van der Waals surface area contributed by atoms with Gasteiger partial charge in [0.1, 0.15) is 17.3 Å². The monoisotopic (exact) mass is 372 g/mol. The van der Waals surface area contributed by atoms with Crippen LogP contribution in [0.2, 0.25) is 0 Å². The highest BCUT2D eigenvalue weighted by Crippen LogP contribution is 2.41. The maximum absolute atomic E-state index is 10.7. The van der Waals surface area contributed by atoms with Gasteiger partial charge in [0, 0.05) is 6.54 Å².